The van der Waals surface area contributed by atoms with Crippen LogP contribution in [0.1, 0.15) is 31.7 Å². The van der Waals surface area contributed by atoms with Gasteiger partial charge in [-0.1, -0.05) is 12.1 Å². The molecular weight excluding hydrogens is 471 g/mol. The first-order valence-corrected chi connectivity index (χ1v) is 12.5. The summed E-state index contributed by atoms with van der Waals surface area (Å²) in [5.41, 5.74) is 8.50. The molecule has 0 unspecified atom stereocenters. The minimum atomic E-state index is -0.287. The Kier molecular flexibility index (Phi) is 10.9. The topological polar surface area (TPSA) is 133 Å². The second-order valence-electron chi connectivity index (χ2n) is 9.28. The van der Waals surface area contributed by atoms with Crippen molar-refractivity contribution in [3.63, 3.8) is 0 Å². The number of hydrazone groups is 1. The lowest BCUT2D eigenvalue weighted by Crippen LogP contribution is -2.41. The first kappa shape index (κ1) is 27.7. The summed E-state index contributed by atoms with van der Waals surface area (Å²) in [6.07, 6.45) is 9.95. The molecule has 3 rings (SSSR count). The predicted molar refractivity (Wildman–Crippen MR) is 150 cm³/mol. The number of piperidine rings is 1. The van der Waals surface area contributed by atoms with Crippen LogP contribution in [-0.2, 0) is 6.42 Å². The summed E-state index contributed by atoms with van der Waals surface area (Å²) in [4.78, 5) is 19.4. The molecule has 10 heteroatoms. The molecular formula is C27H37FN8O. The highest BCUT2D eigenvalue weighted by Gasteiger charge is 2.21. The highest BCUT2D eigenvalue weighted by Crippen LogP contribution is 2.25. The van der Waals surface area contributed by atoms with Gasteiger partial charge in [-0.25, -0.2) is 9.18 Å². The molecule has 37 heavy (non-hydrogen) atoms. The number of aliphatic imine (C=N–C) groups is 1. The molecule has 1 saturated heterocycles. The lowest BCUT2D eigenvalue weighted by molar-refractivity contribution is 0.168. The molecule has 0 saturated carbocycles. The van der Waals surface area contributed by atoms with E-state index in [0.717, 1.165) is 38.9 Å². The molecule has 1 aliphatic rings. The number of nitrogens with one attached hydrogen (secondary N) is 3. The fraction of sp³-hybridized carbons (Fsp3) is 0.370. The average molecular weight is 509 g/mol. The summed E-state index contributed by atoms with van der Waals surface area (Å²) in [7, 11) is 0. The summed E-state index contributed by atoms with van der Waals surface area (Å²) in [6.45, 7) is 5.00. The van der Waals surface area contributed by atoms with Crippen LogP contribution in [0, 0.1) is 11.7 Å². The van der Waals surface area contributed by atoms with Crippen LogP contribution in [0.5, 0.6) is 0 Å². The number of urea groups is 1. The quantitative estimate of drug-likeness (QED) is 0.177. The van der Waals surface area contributed by atoms with Gasteiger partial charge in [0.1, 0.15) is 5.82 Å². The molecule has 1 heterocycles. The van der Waals surface area contributed by atoms with Crippen LogP contribution in [0.25, 0.3) is 0 Å². The normalized spacial score (nSPS) is 17.4. The number of halogens is 1. The number of nitrogens with zero attached hydrogens (tertiary/aromatic N) is 3. The number of nitrogens with two attached hydrogens (primary N) is 2. The molecule has 0 bridgehead atoms. The highest BCUT2D eigenvalue weighted by molar-refractivity contribution is 6.16. The number of rotatable bonds is 11. The molecule has 1 fully saturated rings. The Hall–Kier alpha value is -3.92. The third kappa shape index (κ3) is 9.92. The van der Waals surface area contributed by atoms with Crippen LogP contribution < -0.4 is 27.5 Å². The van der Waals surface area contributed by atoms with Gasteiger partial charge >= 0.3 is 6.03 Å². The van der Waals surface area contributed by atoms with Crippen molar-refractivity contribution >= 4 is 35.5 Å². The standard InChI is InChI=1S/C27H37FN8O/c1-20(8-14-36-13-2-3-22(19-36)15-21-4-6-23(28)7-5-21)34-27(37)35-26-17-24(31-10-9-29)16-25(18-26)32-11-12-33-30/h4-7,9-12,16-18,20,22,31H,2-3,8,13-15,19,29-30H2,1H3,(H2,34,35,37)/b10-9-,32-11?,33-12-/t20-,22+/m1/s1. The monoisotopic (exact) mass is 508 g/mol. The number of hydrogen-bond acceptors (Lipinski definition) is 7. The van der Waals surface area contributed by atoms with Crippen LogP contribution in [-0.4, -0.2) is 49.0 Å². The maximum absolute atomic E-state index is 13.2. The van der Waals surface area contributed by atoms with Crippen LogP contribution >= 0.6 is 0 Å². The maximum atomic E-state index is 13.2. The largest absolute Gasteiger partial charge is 0.403 e. The van der Waals surface area contributed by atoms with E-state index in [2.05, 4.69) is 30.9 Å². The van der Waals surface area contributed by atoms with E-state index in [-0.39, 0.29) is 17.9 Å². The van der Waals surface area contributed by atoms with Gasteiger partial charge in [-0.05, 0) is 81.0 Å². The average Bonchev–Trinajstić information content (AvgIpc) is 2.88. The number of carbonyl (C=O) groups is 1. The fourth-order valence-electron chi connectivity index (χ4n) is 4.46. The Morgan fingerprint density at radius 3 is 2.76 bits per heavy atom. The van der Waals surface area contributed by atoms with Crippen molar-refractivity contribution in [1.82, 2.24) is 10.2 Å². The van der Waals surface area contributed by atoms with E-state index in [4.69, 9.17) is 11.6 Å². The molecule has 0 aliphatic carbocycles. The minimum Gasteiger partial charge on any atom is -0.403 e. The van der Waals surface area contributed by atoms with Gasteiger partial charge in [-0.3, -0.25) is 4.99 Å². The fourth-order valence-corrected chi connectivity index (χ4v) is 4.46. The second-order valence-corrected chi connectivity index (χ2v) is 9.28. The number of benzene rings is 2. The molecule has 7 N–H and O–H groups in total. The van der Waals surface area contributed by atoms with E-state index in [1.165, 1.54) is 42.7 Å². The van der Waals surface area contributed by atoms with Gasteiger partial charge in [-0.15, -0.1) is 0 Å². The van der Waals surface area contributed by atoms with Crippen molar-refractivity contribution in [2.45, 2.75) is 38.6 Å². The zero-order valence-corrected chi connectivity index (χ0v) is 21.2. The summed E-state index contributed by atoms with van der Waals surface area (Å²) >= 11 is 0. The Labute approximate surface area is 217 Å². The van der Waals surface area contributed by atoms with Crippen LogP contribution in [0.15, 0.2) is 65.0 Å². The van der Waals surface area contributed by atoms with Crippen LogP contribution in [0.3, 0.4) is 0 Å². The van der Waals surface area contributed by atoms with Gasteiger partial charge in [0.05, 0.1) is 11.9 Å². The van der Waals surface area contributed by atoms with Crippen molar-refractivity contribution in [3.05, 3.63) is 66.2 Å². The van der Waals surface area contributed by atoms with Crippen molar-refractivity contribution in [3.8, 4) is 0 Å². The van der Waals surface area contributed by atoms with Crippen LogP contribution in [0.2, 0.25) is 0 Å². The van der Waals surface area contributed by atoms with E-state index in [9.17, 15) is 9.18 Å². The molecule has 198 valence electrons. The predicted octanol–water partition coefficient (Wildman–Crippen LogP) is 4.17. The number of amides is 2. The number of likely N-dealkylation sites (tertiary alicyclic amines) is 1. The minimum absolute atomic E-state index is 0.00258. The van der Waals surface area contributed by atoms with Crippen LogP contribution in [0.4, 0.5) is 26.2 Å². The van der Waals surface area contributed by atoms with Gasteiger partial charge in [0, 0.05) is 49.1 Å². The third-order valence-corrected chi connectivity index (χ3v) is 6.19. The van der Waals surface area contributed by atoms with Gasteiger partial charge in [0.15, 0.2) is 0 Å². The molecule has 2 aromatic carbocycles. The zero-order chi connectivity index (χ0) is 26.5. The van der Waals surface area contributed by atoms with Gasteiger partial charge < -0.3 is 32.4 Å². The van der Waals surface area contributed by atoms with E-state index >= 15 is 0 Å². The summed E-state index contributed by atoms with van der Waals surface area (Å²) in [5, 5.41) is 12.3. The number of hydrogen-bond donors (Lipinski definition) is 5. The molecule has 2 atom stereocenters. The lowest BCUT2D eigenvalue weighted by atomic mass is 9.91. The van der Waals surface area contributed by atoms with E-state index in [1.54, 1.807) is 24.4 Å². The zero-order valence-electron chi connectivity index (χ0n) is 21.2. The Balaban J connectivity index is 1.48. The van der Waals surface area contributed by atoms with E-state index in [0.29, 0.717) is 23.0 Å². The van der Waals surface area contributed by atoms with Gasteiger partial charge in [0.25, 0.3) is 0 Å². The molecule has 1 aliphatic heterocycles. The first-order chi connectivity index (χ1) is 17.9. The molecule has 9 nitrogen and oxygen atoms in total. The maximum Gasteiger partial charge on any atom is 0.319 e. The molecule has 0 radical (unpaired) electrons. The Bertz CT molecular complexity index is 1090. The molecule has 2 amide bonds. The molecule has 2 aromatic rings. The summed E-state index contributed by atoms with van der Waals surface area (Å²) in [5.74, 6) is 5.48. The Morgan fingerprint density at radius 1 is 1.22 bits per heavy atom. The lowest BCUT2D eigenvalue weighted by Gasteiger charge is -2.33. The SMILES string of the molecule is C[C@H](CCN1CCC[C@@H](Cc2ccc(F)cc2)C1)NC(=O)Nc1cc(N=C/C=N\N)cc(N/C=C\N)c1. The first-order valence-electron chi connectivity index (χ1n) is 12.5. The summed E-state index contributed by atoms with van der Waals surface area (Å²) in [6, 6.07) is 11.9. The number of anilines is 2. The van der Waals surface area contributed by atoms with E-state index < -0.39 is 0 Å². The van der Waals surface area contributed by atoms with Crippen molar-refractivity contribution in [2.24, 2.45) is 27.6 Å². The van der Waals surface area contributed by atoms with E-state index in [1.807, 2.05) is 19.1 Å². The van der Waals surface area contributed by atoms with Gasteiger partial charge in [0.2, 0.25) is 0 Å². The summed E-state index contributed by atoms with van der Waals surface area (Å²) < 4.78 is 13.2. The van der Waals surface area contributed by atoms with Gasteiger partial charge in [-0.2, -0.15) is 5.10 Å². The highest BCUT2D eigenvalue weighted by atomic mass is 19.1. The second kappa shape index (κ2) is 14.6. The third-order valence-electron chi connectivity index (χ3n) is 6.19. The van der Waals surface area contributed by atoms with Crippen molar-refractivity contribution in [2.75, 3.05) is 30.3 Å². The van der Waals surface area contributed by atoms with Crippen molar-refractivity contribution in [1.29, 1.82) is 0 Å². The Morgan fingerprint density at radius 2 is 2.00 bits per heavy atom. The molecule has 0 spiro atoms. The van der Waals surface area contributed by atoms with Crippen molar-refractivity contribution < 1.29 is 9.18 Å². The number of carbonyl (C=O) groups excluding carboxylic acids is 1. The molecule has 0 aromatic heterocycles. The smallest absolute Gasteiger partial charge is 0.319 e.